The minimum Gasteiger partial charge on any atom is -0.481 e. The van der Waals surface area contributed by atoms with Crippen LogP contribution in [0.2, 0.25) is 0 Å². The molecule has 0 bridgehead atoms. The van der Waals surface area contributed by atoms with Crippen molar-refractivity contribution < 1.29 is 14.7 Å². The Morgan fingerprint density at radius 2 is 1.48 bits per heavy atom. The molecule has 3 aliphatic heterocycles. The Morgan fingerprint density at radius 1 is 0.880 bits per heavy atom. The molecule has 0 radical (unpaired) electrons. The SMILES string of the molecule is O=C(O)CCC1CCN(C(=O)N2CCN(C3CCNCC3)CC2)CC1. The largest absolute Gasteiger partial charge is 0.481 e. The van der Waals surface area contributed by atoms with Crippen molar-refractivity contribution in [3.8, 4) is 0 Å². The van der Waals surface area contributed by atoms with Crippen LogP contribution in [0.4, 0.5) is 4.79 Å². The van der Waals surface area contributed by atoms with Gasteiger partial charge < -0.3 is 20.2 Å². The van der Waals surface area contributed by atoms with E-state index in [1.54, 1.807) is 0 Å². The van der Waals surface area contributed by atoms with Gasteiger partial charge in [0.2, 0.25) is 0 Å². The van der Waals surface area contributed by atoms with Crippen molar-refractivity contribution in [3.05, 3.63) is 0 Å². The lowest BCUT2D eigenvalue weighted by atomic mass is 9.92. The van der Waals surface area contributed by atoms with Crippen LogP contribution in [0.5, 0.6) is 0 Å². The van der Waals surface area contributed by atoms with Gasteiger partial charge in [-0.2, -0.15) is 0 Å². The molecule has 3 fully saturated rings. The third kappa shape index (κ3) is 5.07. The number of piperidine rings is 2. The summed E-state index contributed by atoms with van der Waals surface area (Å²) in [5.41, 5.74) is 0. The zero-order valence-electron chi connectivity index (χ0n) is 15.2. The Balaban J connectivity index is 1.38. The van der Waals surface area contributed by atoms with E-state index in [2.05, 4.69) is 10.2 Å². The highest BCUT2D eigenvalue weighted by Gasteiger charge is 2.30. The van der Waals surface area contributed by atoms with E-state index in [0.29, 0.717) is 12.0 Å². The smallest absolute Gasteiger partial charge is 0.320 e. The van der Waals surface area contributed by atoms with E-state index >= 15 is 0 Å². The lowest BCUT2D eigenvalue weighted by Crippen LogP contribution is -2.56. The van der Waals surface area contributed by atoms with Crippen molar-refractivity contribution in [1.82, 2.24) is 20.0 Å². The number of aliphatic carboxylic acids is 1. The predicted molar refractivity (Wildman–Crippen MR) is 95.6 cm³/mol. The fourth-order valence-electron chi connectivity index (χ4n) is 4.39. The second-order valence-electron chi connectivity index (χ2n) is 7.65. The first kappa shape index (κ1) is 18.5. The van der Waals surface area contributed by atoms with Gasteiger partial charge in [-0.25, -0.2) is 4.79 Å². The van der Waals surface area contributed by atoms with Crippen molar-refractivity contribution in [2.45, 2.75) is 44.6 Å². The molecule has 0 aromatic rings. The summed E-state index contributed by atoms with van der Waals surface area (Å²) in [5, 5.41) is 12.2. The third-order valence-electron chi connectivity index (χ3n) is 6.06. The number of amides is 2. The highest BCUT2D eigenvalue weighted by molar-refractivity contribution is 5.74. The standard InChI is InChI=1S/C18H32N4O3/c23-17(24)2-1-15-5-9-21(10-6-15)18(25)22-13-11-20(12-14-22)16-3-7-19-8-4-16/h15-16,19H,1-14H2,(H,23,24). The first-order valence-electron chi connectivity index (χ1n) is 9.84. The topological polar surface area (TPSA) is 76.1 Å². The zero-order valence-corrected chi connectivity index (χ0v) is 15.2. The lowest BCUT2D eigenvalue weighted by molar-refractivity contribution is -0.137. The molecule has 0 aliphatic carbocycles. The Morgan fingerprint density at radius 3 is 2.08 bits per heavy atom. The minimum absolute atomic E-state index is 0.182. The van der Waals surface area contributed by atoms with Crippen LogP contribution in [-0.4, -0.2) is 90.2 Å². The highest BCUT2D eigenvalue weighted by Crippen LogP contribution is 2.23. The van der Waals surface area contributed by atoms with E-state index in [9.17, 15) is 9.59 Å². The van der Waals surface area contributed by atoms with Gasteiger partial charge in [0.25, 0.3) is 0 Å². The minimum atomic E-state index is -0.717. The number of piperazine rings is 1. The molecule has 2 amide bonds. The molecule has 3 heterocycles. The maximum Gasteiger partial charge on any atom is 0.320 e. The number of rotatable bonds is 4. The van der Waals surface area contributed by atoms with E-state index in [-0.39, 0.29) is 12.5 Å². The molecule has 7 nitrogen and oxygen atoms in total. The predicted octanol–water partition coefficient (Wildman–Crippen LogP) is 1.05. The number of urea groups is 1. The van der Waals surface area contributed by atoms with Gasteiger partial charge in [0, 0.05) is 51.7 Å². The van der Waals surface area contributed by atoms with Crippen LogP contribution < -0.4 is 5.32 Å². The van der Waals surface area contributed by atoms with E-state index in [0.717, 1.165) is 71.6 Å². The Hall–Kier alpha value is -1.34. The summed E-state index contributed by atoms with van der Waals surface area (Å²) >= 11 is 0. The summed E-state index contributed by atoms with van der Waals surface area (Å²) < 4.78 is 0. The summed E-state index contributed by atoms with van der Waals surface area (Å²) in [5.74, 6) is -0.262. The molecule has 25 heavy (non-hydrogen) atoms. The number of nitrogens with one attached hydrogen (secondary N) is 1. The fraction of sp³-hybridized carbons (Fsp3) is 0.889. The molecule has 0 aromatic heterocycles. The molecule has 2 N–H and O–H groups in total. The van der Waals surface area contributed by atoms with Gasteiger partial charge in [0.05, 0.1) is 0 Å². The summed E-state index contributed by atoms with van der Waals surface area (Å²) in [7, 11) is 0. The molecule has 142 valence electrons. The second kappa shape index (κ2) is 8.85. The van der Waals surface area contributed by atoms with E-state index in [1.807, 2.05) is 9.80 Å². The molecule has 0 unspecified atom stereocenters. The van der Waals surface area contributed by atoms with Crippen molar-refractivity contribution in [1.29, 1.82) is 0 Å². The third-order valence-corrected chi connectivity index (χ3v) is 6.06. The van der Waals surface area contributed by atoms with Crippen LogP contribution in [0.1, 0.15) is 38.5 Å². The van der Waals surface area contributed by atoms with Gasteiger partial charge in [0.15, 0.2) is 0 Å². The normalized spacial score (nSPS) is 24.5. The van der Waals surface area contributed by atoms with Gasteiger partial charge in [0.1, 0.15) is 0 Å². The molecule has 0 aromatic carbocycles. The molecule has 3 aliphatic rings. The summed E-state index contributed by atoms with van der Waals surface area (Å²) in [6.45, 7) is 7.43. The van der Waals surface area contributed by atoms with Crippen molar-refractivity contribution in [2.75, 3.05) is 52.4 Å². The average molecular weight is 352 g/mol. The van der Waals surface area contributed by atoms with E-state index in [1.165, 1.54) is 12.8 Å². The number of hydrogen-bond donors (Lipinski definition) is 2. The fourth-order valence-corrected chi connectivity index (χ4v) is 4.39. The van der Waals surface area contributed by atoms with Gasteiger partial charge in [-0.3, -0.25) is 9.69 Å². The monoisotopic (exact) mass is 352 g/mol. The number of nitrogens with zero attached hydrogens (tertiary/aromatic N) is 3. The van der Waals surface area contributed by atoms with Crippen LogP contribution in [0.15, 0.2) is 0 Å². The van der Waals surface area contributed by atoms with Gasteiger partial charge in [-0.1, -0.05) is 0 Å². The van der Waals surface area contributed by atoms with E-state index < -0.39 is 5.97 Å². The first-order chi connectivity index (χ1) is 12.1. The number of carboxylic acids is 1. The molecular formula is C18H32N4O3. The molecule has 7 heteroatoms. The number of likely N-dealkylation sites (tertiary alicyclic amines) is 1. The van der Waals surface area contributed by atoms with Crippen LogP contribution in [0.25, 0.3) is 0 Å². The van der Waals surface area contributed by atoms with Crippen molar-refractivity contribution in [3.63, 3.8) is 0 Å². The Kier molecular flexibility index (Phi) is 6.53. The quantitative estimate of drug-likeness (QED) is 0.791. The van der Waals surface area contributed by atoms with Crippen LogP contribution >= 0.6 is 0 Å². The molecule has 0 atom stereocenters. The van der Waals surface area contributed by atoms with Crippen molar-refractivity contribution >= 4 is 12.0 Å². The maximum absolute atomic E-state index is 12.7. The number of carbonyl (C=O) groups is 2. The lowest BCUT2D eigenvalue weighted by Gasteiger charge is -2.43. The van der Waals surface area contributed by atoms with Crippen LogP contribution in [-0.2, 0) is 4.79 Å². The molecular weight excluding hydrogens is 320 g/mol. The average Bonchev–Trinajstić information content (AvgIpc) is 2.67. The van der Waals surface area contributed by atoms with Gasteiger partial charge in [-0.15, -0.1) is 0 Å². The van der Waals surface area contributed by atoms with Crippen LogP contribution in [0.3, 0.4) is 0 Å². The molecule has 0 spiro atoms. The van der Waals surface area contributed by atoms with E-state index in [4.69, 9.17) is 5.11 Å². The maximum atomic E-state index is 12.7. The molecule has 3 rings (SSSR count). The summed E-state index contributed by atoms with van der Waals surface area (Å²) in [6.07, 6.45) is 5.31. The Labute approximate surface area is 150 Å². The van der Waals surface area contributed by atoms with Gasteiger partial charge in [-0.05, 0) is 51.1 Å². The summed E-state index contributed by atoms with van der Waals surface area (Å²) in [6, 6.07) is 0.866. The zero-order chi connectivity index (χ0) is 17.6. The molecule has 0 saturated carbocycles. The first-order valence-corrected chi connectivity index (χ1v) is 9.84. The number of hydrogen-bond acceptors (Lipinski definition) is 4. The highest BCUT2D eigenvalue weighted by atomic mass is 16.4. The number of carbonyl (C=O) groups excluding carboxylic acids is 1. The number of carboxylic acid groups (broad SMARTS) is 1. The van der Waals surface area contributed by atoms with Gasteiger partial charge >= 0.3 is 12.0 Å². The van der Waals surface area contributed by atoms with Crippen molar-refractivity contribution in [2.24, 2.45) is 5.92 Å². The molecule has 3 saturated heterocycles. The second-order valence-corrected chi connectivity index (χ2v) is 7.65. The van der Waals surface area contributed by atoms with Crippen LogP contribution in [0, 0.1) is 5.92 Å². The Bertz CT molecular complexity index is 451. The summed E-state index contributed by atoms with van der Waals surface area (Å²) in [4.78, 5) is 30.0.